The predicted molar refractivity (Wildman–Crippen MR) is 75.0 cm³/mol. The SMILES string of the molecule is O=C(O)c1cccc(S(=O)(=O)NOCc2ccccc2)c1. The molecule has 0 saturated carbocycles. The van der Waals surface area contributed by atoms with Gasteiger partial charge in [0.1, 0.15) is 0 Å². The molecule has 7 heteroatoms. The van der Waals surface area contributed by atoms with E-state index in [1.165, 1.54) is 18.2 Å². The molecule has 0 fully saturated rings. The molecule has 2 rings (SSSR count). The van der Waals surface area contributed by atoms with E-state index in [1.54, 1.807) is 12.1 Å². The maximum Gasteiger partial charge on any atom is 0.335 e. The molecular formula is C14H13NO5S. The second-order valence-corrected chi connectivity index (χ2v) is 5.84. The van der Waals surface area contributed by atoms with Crippen molar-refractivity contribution in [3.63, 3.8) is 0 Å². The Kier molecular flexibility index (Phi) is 4.69. The highest BCUT2D eigenvalue weighted by molar-refractivity contribution is 7.89. The van der Waals surface area contributed by atoms with Crippen LogP contribution in [0.1, 0.15) is 15.9 Å². The van der Waals surface area contributed by atoms with Gasteiger partial charge in [-0.25, -0.2) is 13.2 Å². The number of hydrogen-bond acceptors (Lipinski definition) is 4. The highest BCUT2D eigenvalue weighted by Crippen LogP contribution is 2.12. The first-order chi connectivity index (χ1) is 9.99. The molecule has 110 valence electrons. The third kappa shape index (κ3) is 4.12. The monoisotopic (exact) mass is 307 g/mol. The maximum absolute atomic E-state index is 12.0. The highest BCUT2D eigenvalue weighted by Gasteiger charge is 2.16. The van der Waals surface area contributed by atoms with Crippen molar-refractivity contribution in [2.45, 2.75) is 11.5 Å². The van der Waals surface area contributed by atoms with Gasteiger partial charge in [-0.05, 0) is 23.8 Å². The number of carbonyl (C=O) groups is 1. The largest absolute Gasteiger partial charge is 0.478 e. The van der Waals surface area contributed by atoms with Crippen molar-refractivity contribution in [2.24, 2.45) is 0 Å². The van der Waals surface area contributed by atoms with Gasteiger partial charge in [0.25, 0.3) is 10.0 Å². The molecule has 0 heterocycles. The zero-order valence-electron chi connectivity index (χ0n) is 10.9. The van der Waals surface area contributed by atoms with Gasteiger partial charge < -0.3 is 5.11 Å². The van der Waals surface area contributed by atoms with Crippen LogP contribution in [-0.2, 0) is 21.5 Å². The Morgan fingerprint density at radius 3 is 2.48 bits per heavy atom. The minimum Gasteiger partial charge on any atom is -0.478 e. The molecule has 0 aliphatic heterocycles. The van der Waals surface area contributed by atoms with Crippen molar-refractivity contribution in [3.8, 4) is 0 Å². The van der Waals surface area contributed by atoms with Crippen LogP contribution in [0.5, 0.6) is 0 Å². The van der Waals surface area contributed by atoms with E-state index in [1.807, 2.05) is 23.1 Å². The molecule has 0 aliphatic carbocycles. The third-order valence-corrected chi connectivity index (χ3v) is 3.85. The number of rotatable bonds is 6. The van der Waals surface area contributed by atoms with Gasteiger partial charge in [0.15, 0.2) is 0 Å². The van der Waals surface area contributed by atoms with Gasteiger partial charge in [-0.3, -0.25) is 4.84 Å². The first kappa shape index (κ1) is 15.2. The average molecular weight is 307 g/mol. The number of carboxylic acids is 1. The lowest BCUT2D eigenvalue weighted by molar-refractivity contribution is 0.0696. The van der Waals surface area contributed by atoms with Gasteiger partial charge in [0, 0.05) is 0 Å². The molecule has 0 saturated heterocycles. The van der Waals surface area contributed by atoms with Crippen molar-refractivity contribution < 1.29 is 23.2 Å². The zero-order valence-corrected chi connectivity index (χ0v) is 11.7. The fourth-order valence-electron chi connectivity index (χ4n) is 1.61. The van der Waals surface area contributed by atoms with Crippen molar-refractivity contribution >= 4 is 16.0 Å². The second kappa shape index (κ2) is 6.49. The second-order valence-electron chi connectivity index (χ2n) is 4.19. The molecule has 0 atom stereocenters. The van der Waals surface area contributed by atoms with Crippen LogP contribution in [0.15, 0.2) is 59.5 Å². The lowest BCUT2D eigenvalue weighted by Crippen LogP contribution is -2.24. The van der Waals surface area contributed by atoms with Crippen molar-refractivity contribution in [3.05, 3.63) is 65.7 Å². The van der Waals surface area contributed by atoms with Crippen molar-refractivity contribution in [1.82, 2.24) is 4.89 Å². The van der Waals surface area contributed by atoms with Crippen LogP contribution < -0.4 is 4.89 Å². The number of hydrogen-bond donors (Lipinski definition) is 2. The molecule has 0 radical (unpaired) electrons. The lowest BCUT2D eigenvalue weighted by atomic mass is 10.2. The Labute approximate surface area is 122 Å². The summed E-state index contributed by atoms with van der Waals surface area (Å²) < 4.78 is 23.9. The highest BCUT2D eigenvalue weighted by atomic mass is 32.2. The minimum absolute atomic E-state index is 0.0681. The van der Waals surface area contributed by atoms with Crippen molar-refractivity contribution in [1.29, 1.82) is 0 Å². The van der Waals surface area contributed by atoms with E-state index >= 15 is 0 Å². The summed E-state index contributed by atoms with van der Waals surface area (Å²) in [5, 5.41) is 8.85. The zero-order chi connectivity index (χ0) is 15.3. The molecule has 2 aromatic carbocycles. The van der Waals surface area contributed by atoms with Crippen LogP contribution >= 0.6 is 0 Å². The summed E-state index contributed by atoms with van der Waals surface area (Å²) in [4.78, 5) is 17.6. The van der Waals surface area contributed by atoms with Gasteiger partial charge in [-0.15, -0.1) is 0 Å². The normalized spacial score (nSPS) is 11.2. The predicted octanol–water partition coefficient (Wildman–Crippen LogP) is 1.79. The van der Waals surface area contributed by atoms with E-state index in [2.05, 4.69) is 0 Å². The van der Waals surface area contributed by atoms with E-state index in [0.29, 0.717) is 0 Å². The third-order valence-electron chi connectivity index (χ3n) is 2.64. The molecule has 2 aromatic rings. The van der Waals surface area contributed by atoms with Crippen LogP contribution in [0.4, 0.5) is 0 Å². The molecule has 2 N–H and O–H groups in total. The Hall–Kier alpha value is -2.22. The van der Waals surface area contributed by atoms with E-state index in [4.69, 9.17) is 9.94 Å². The number of aromatic carboxylic acids is 1. The number of carboxylic acid groups (broad SMARTS) is 1. The quantitative estimate of drug-likeness (QED) is 0.794. The van der Waals surface area contributed by atoms with Crippen LogP contribution in [-0.4, -0.2) is 19.5 Å². The number of benzene rings is 2. The fraction of sp³-hybridized carbons (Fsp3) is 0.0714. The smallest absolute Gasteiger partial charge is 0.335 e. The minimum atomic E-state index is -3.92. The molecule has 0 aliphatic rings. The first-order valence-electron chi connectivity index (χ1n) is 6.00. The molecule has 6 nitrogen and oxygen atoms in total. The summed E-state index contributed by atoms with van der Waals surface area (Å²) in [7, 11) is -3.92. The van der Waals surface area contributed by atoms with Gasteiger partial charge in [0.2, 0.25) is 0 Å². The van der Waals surface area contributed by atoms with E-state index in [-0.39, 0.29) is 17.1 Å². The Morgan fingerprint density at radius 1 is 1.10 bits per heavy atom. The van der Waals surface area contributed by atoms with E-state index in [9.17, 15) is 13.2 Å². The van der Waals surface area contributed by atoms with Crippen LogP contribution in [0.3, 0.4) is 0 Å². The number of nitrogens with one attached hydrogen (secondary N) is 1. The van der Waals surface area contributed by atoms with Gasteiger partial charge in [-0.2, -0.15) is 0 Å². The molecule has 0 spiro atoms. The number of sulfonamides is 1. The summed E-state index contributed by atoms with van der Waals surface area (Å²) in [6.07, 6.45) is 0. The fourth-order valence-corrected chi connectivity index (χ4v) is 2.46. The maximum atomic E-state index is 12.0. The van der Waals surface area contributed by atoms with Crippen LogP contribution in [0.2, 0.25) is 0 Å². The Balaban J connectivity index is 2.05. The standard InChI is InChI=1S/C14H13NO5S/c16-14(17)12-7-4-8-13(9-12)21(18,19)15-20-10-11-5-2-1-3-6-11/h1-9,15H,10H2,(H,16,17). The Morgan fingerprint density at radius 2 is 1.81 bits per heavy atom. The van der Waals surface area contributed by atoms with Gasteiger partial charge in [0.05, 0.1) is 17.1 Å². The van der Waals surface area contributed by atoms with Gasteiger partial charge in [-0.1, -0.05) is 41.3 Å². The lowest BCUT2D eigenvalue weighted by Gasteiger charge is -2.07. The molecule has 0 aromatic heterocycles. The summed E-state index contributed by atoms with van der Waals surface area (Å²) in [6.45, 7) is 0.0681. The first-order valence-corrected chi connectivity index (χ1v) is 7.48. The molecule has 0 bridgehead atoms. The van der Waals surface area contributed by atoms with Crippen molar-refractivity contribution in [2.75, 3.05) is 0 Å². The van der Waals surface area contributed by atoms with E-state index in [0.717, 1.165) is 11.6 Å². The summed E-state index contributed by atoms with van der Waals surface area (Å²) >= 11 is 0. The van der Waals surface area contributed by atoms with Crippen LogP contribution in [0, 0.1) is 0 Å². The topological polar surface area (TPSA) is 92.7 Å². The van der Waals surface area contributed by atoms with E-state index < -0.39 is 16.0 Å². The molecule has 0 amide bonds. The molecule has 21 heavy (non-hydrogen) atoms. The summed E-state index contributed by atoms with van der Waals surface area (Å²) in [6, 6.07) is 14.1. The van der Waals surface area contributed by atoms with Gasteiger partial charge >= 0.3 is 5.97 Å². The summed E-state index contributed by atoms with van der Waals surface area (Å²) in [5.74, 6) is -1.20. The molecule has 0 unspecified atom stereocenters. The van der Waals surface area contributed by atoms with Crippen LogP contribution in [0.25, 0.3) is 0 Å². The Bertz CT molecular complexity index is 728. The average Bonchev–Trinajstić information content (AvgIpc) is 2.48. The molecular weight excluding hydrogens is 294 g/mol. The summed E-state index contributed by atoms with van der Waals surface area (Å²) in [5.41, 5.74) is 0.695.